The Morgan fingerprint density at radius 3 is 2.52 bits per heavy atom. The van der Waals surface area contributed by atoms with Crippen LogP contribution < -0.4 is 0 Å². The normalized spacial score (nSPS) is 15.6. The summed E-state index contributed by atoms with van der Waals surface area (Å²) in [5, 5.41) is 1.41. The minimum Gasteiger partial charge on any atom is -0.340 e. The first-order valence-corrected chi connectivity index (χ1v) is 9.23. The predicted octanol–water partition coefficient (Wildman–Crippen LogP) is 4.45. The van der Waals surface area contributed by atoms with Crippen LogP contribution in [-0.2, 0) is 25.8 Å². The van der Waals surface area contributed by atoms with Gasteiger partial charge in [0, 0.05) is 42.7 Å². The first-order valence-electron chi connectivity index (χ1n) is 9.23. The molecule has 2 heteroatoms. The summed E-state index contributed by atoms with van der Waals surface area (Å²) in [5.41, 5.74) is 7.27. The van der Waals surface area contributed by atoms with E-state index in [1.165, 1.54) is 33.3 Å². The lowest BCUT2D eigenvalue weighted by atomic mass is 9.96. The summed E-state index contributed by atoms with van der Waals surface area (Å²) < 4.78 is 2.47. The molecule has 0 atom stereocenters. The molecule has 0 unspecified atom stereocenters. The zero-order valence-corrected chi connectivity index (χ0v) is 15.0. The summed E-state index contributed by atoms with van der Waals surface area (Å²) in [7, 11) is 2.24. The van der Waals surface area contributed by atoms with Gasteiger partial charge in [0.25, 0.3) is 0 Å². The van der Waals surface area contributed by atoms with Crippen LogP contribution in [0, 0.1) is 0 Å². The molecule has 0 saturated carbocycles. The number of aromatic nitrogens is 1. The second-order valence-corrected chi connectivity index (χ2v) is 7.09. The van der Waals surface area contributed by atoms with Gasteiger partial charge in [-0.05, 0) is 42.6 Å². The number of rotatable bonds is 2. The Bertz CT molecular complexity index is 904. The highest BCUT2D eigenvalue weighted by Crippen LogP contribution is 2.30. The second kappa shape index (κ2) is 6.89. The van der Waals surface area contributed by atoms with Gasteiger partial charge in [-0.25, -0.2) is 0 Å². The summed E-state index contributed by atoms with van der Waals surface area (Å²) in [6, 6.07) is 17.8. The summed E-state index contributed by atoms with van der Waals surface area (Å²) in [6.07, 6.45) is 5.27. The van der Waals surface area contributed by atoms with E-state index in [2.05, 4.69) is 71.6 Å². The molecule has 1 aliphatic heterocycles. The highest BCUT2D eigenvalue weighted by atomic mass is 15.1. The summed E-state index contributed by atoms with van der Waals surface area (Å²) >= 11 is 0. The molecule has 0 spiro atoms. The molecule has 0 aliphatic carbocycles. The van der Waals surface area contributed by atoms with Gasteiger partial charge in [0.1, 0.15) is 0 Å². The molecule has 0 fully saturated rings. The lowest BCUT2D eigenvalue weighted by Gasteiger charge is -2.21. The molecule has 0 saturated heterocycles. The van der Waals surface area contributed by atoms with Crippen molar-refractivity contribution in [1.29, 1.82) is 0 Å². The van der Waals surface area contributed by atoms with Crippen LogP contribution >= 0.6 is 0 Å². The van der Waals surface area contributed by atoms with Gasteiger partial charge >= 0.3 is 0 Å². The van der Waals surface area contributed by atoms with Crippen LogP contribution in [-0.4, -0.2) is 29.6 Å². The zero-order valence-electron chi connectivity index (χ0n) is 15.0. The number of fused-ring (bicyclic) bond motifs is 4. The van der Waals surface area contributed by atoms with Gasteiger partial charge in [0.05, 0.1) is 0 Å². The van der Waals surface area contributed by atoms with Gasteiger partial charge in [-0.3, -0.25) is 0 Å². The van der Waals surface area contributed by atoms with E-state index in [1.54, 1.807) is 0 Å². The molecule has 25 heavy (non-hydrogen) atoms. The van der Waals surface area contributed by atoms with Crippen LogP contribution in [0.5, 0.6) is 0 Å². The number of allylic oxidation sites excluding steroid dienone is 1. The van der Waals surface area contributed by atoms with Crippen molar-refractivity contribution >= 4 is 10.9 Å². The molecular formula is C23H26N2. The molecule has 2 nitrogen and oxygen atoms in total. The Kier molecular flexibility index (Phi) is 4.46. The first kappa shape index (κ1) is 16.2. The standard InChI is InChI=1S/C23H26N2/c1-3-14-25-22-11-7-6-10-20(22)21-13-16-24(2)15-12-18-8-4-5-9-19(18)17-23(21)25/h3-11H,1,12-17H2,2H3. The van der Waals surface area contributed by atoms with Crippen LogP contribution in [0.15, 0.2) is 61.2 Å². The van der Waals surface area contributed by atoms with Crippen molar-refractivity contribution in [3.63, 3.8) is 0 Å². The highest BCUT2D eigenvalue weighted by Gasteiger charge is 2.19. The number of likely N-dealkylation sites (N-methyl/N-ethyl adjacent to an activating group) is 1. The lowest BCUT2D eigenvalue weighted by molar-refractivity contribution is 0.341. The number of hydrogen-bond acceptors (Lipinski definition) is 1. The molecule has 0 bridgehead atoms. The molecular weight excluding hydrogens is 304 g/mol. The molecule has 0 radical (unpaired) electrons. The number of para-hydroxylation sites is 1. The fourth-order valence-electron chi connectivity index (χ4n) is 4.13. The minimum absolute atomic E-state index is 0.869. The van der Waals surface area contributed by atoms with Crippen LogP contribution in [0.2, 0.25) is 0 Å². The molecule has 4 rings (SSSR count). The second-order valence-electron chi connectivity index (χ2n) is 7.09. The SMILES string of the molecule is C=CCn1c2c(c3ccccc31)CCN(C)CCc1ccccc1C2. The maximum Gasteiger partial charge on any atom is 0.0488 e. The van der Waals surface area contributed by atoms with E-state index in [0.29, 0.717) is 0 Å². The van der Waals surface area contributed by atoms with E-state index in [4.69, 9.17) is 0 Å². The monoisotopic (exact) mass is 330 g/mol. The molecule has 1 aliphatic rings. The van der Waals surface area contributed by atoms with Gasteiger partial charge in [0.2, 0.25) is 0 Å². The maximum atomic E-state index is 3.99. The van der Waals surface area contributed by atoms with Crippen molar-refractivity contribution in [3.05, 3.63) is 83.6 Å². The van der Waals surface area contributed by atoms with Crippen molar-refractivity contribution in [3.8, 4) is 0 Å². The van der Waals surface area contributed by atoms with Gasteiger partial charge in [-0.2, -0.15) is 0 Å². The fraction of sp³-hybridized carbons (Fsp3) is 0.304. The Morgan fingerprint density at radius 2 is 1.68 bits per heavy atom. The summed E-state index contributed by atoms with van der Waals surface area (Å²) in [5.74, 6) is 0. The van der Waals surface area contributed by atoms with E-state index in [0.717, 1.165) is 38.9 Å². The Labute approximate surface area is 150 Å². The molecule has 3 aromatic rings. The summed E-state index contributed by atoms with van der Waals surface area (Å²) in [4.78, 5) is 2.46. The van der Waals surface area contributed by atoms with Crippen molar-refractivity contribution in [2.24, 2.45) is 0 Å². The van der Waals surface area contributed by atoms with E-state index < -0.39 is 0 Å². The Balaban J connectivity index is 1.94. The molecule has 2 aromatic carbocycles. The lowest BCUT2D eigenvalue weighted by Crippen LogP contribution is -2.25. The van der Waals surface area contributed by atoms with Crippen molar-refractivity contribution in [1.82, 2.24) is 9.47 Å². The third-order valence-electron chi connectivity index (χ3n) is 5.49. The van der Waals surface area contributed by atoms with Gasteiger partial charge in [-0.15, -0.1) is 6.58 Å². The number of nitrogens with zero attached hydrogens (tertiary/aromatic N) is 2. The number of benzene rings is 2. The van der Waals surface area contributed by atoms with Crippen LogP contribution in [0.3, 0.4) is 0 Å². The van der Waals surface area contributed by atoms with Gasteiger partial charge in [0.15, 0.2) is 0 Å². The Morgan fingerprint density at radius 1 is 0.960 bits per heavy atom. The first-order chi connectivity index (χ1) is 12.3. The van der Waals surface area contributed by atoms with Crippen LogP contribution in [0.1, 0.15) is 22.4 Å². The fourth-order valence-corrected chi connectivity index (χ4v) is 4.13. The van der Waals surface area contributed by atoms with Crippen LogP contribution in [0.4, 0.5) is 0 Å². The highest BCUT2D eigenvalue weighted by molar-refractivity contribution is 5.86. The molecule has 0 amide bonds. The average Bonchev–Trinajstić information content (AvgIpc) is 2.93. The van der Waals surface area contributed by atoms with E-state index in [-0.39, 0.29) is 0 Å². The Hall–Kier alpha value is -2.32. The van der Waals surface area contributed by atoms with Crippen LogP contribution in [0.25, 0.3) is 10.9 Å². The third-order valence-corrected chi connectivity index (χ3v) is 5.49. The smallest absolute Gasteiger partial charge is 0.0488 e. The number of hydrogen-bond donors (Lipinski definition) is 0. The predicted molar refractivity (Wildman–Crippen MR) is 106 cm³/mol. The minimum atomic E-state index is 0.869. The zero-order chi connectivity index (χ0) is 17.2. The molecule has 0 N–H and O–H groups in total. The molecule has 2 heterocycles. The molecule has 128 valence electrons. The molecule has 1 aromatic heterocycles. The quantitative estimate of drug-likeness (QED) is 0.630. The van der Waals surface area contributed by atoms with E-state index >= 15 is 0 Å². The van der Waals surface area contributed by atoms with Gasteiger partial charge in [-0.1, -0.05) is 48.5 Å². The van der Waals surface area contributed by atoms with Gasteiger partial charge < -0.3 is 9.47 Å². The topological polar surface area (TPSA) is 8.17 Å². The van der Waals surface area contributed by atoms with Crippen molar-refractivity contribution in [2.45, 2.75) is 25.8 Å². The summed E-state index contributed by atoms with van der Waals surface area (Å²) in [6.45, 7) is 7.09. The van der Waals surface area contributed by atoms with Crippen molar-refractivity contribution < 1.29 is 0 Å². The van der Waals surface area contributed by atoms with E-state index in [1.807, 2.05) is 6.08 Å². The van der Waals surface area contributed by atoms with E-state index in [9.17, 15) is 0 Å². The maximum absolute atomic E-state index is 3.99. The third kappa shape index (κ3) is 3.03. The average molecular weight is 330 g/mol. The largest absolute Gasteiger partial charge is 0.340 e. The van der Waals surface area contributed by atoms with Crippen molar-refractivity contribution in [2.75, 3.05) is 20.1 Å².